The van der Waals surface area contributed by atoms with Gasteiger partial charge in [0.2, 0.25) is 11.1 Å². The summed E-state index contributed by atoms with van der Waals surface area (Å²) in [5, 5.41) is 10.4. The molecule has 2 aromatic carbocycles. The van der Waals surface area contributed by atoms with Crippen molar-refractivity contribution in [2.24, 2.45) is 0 Å². The number of ether oxygens (including phenoxy) is 2. The predicted octanol–water partition coefficient (Wildman–Crippen LogP) is 4.26. The minimum Gasteiger partial charge on any atom is -0.497 e. The average molecular weight is 419 g/mol. The number of rotatable bonds is 7. The van der Waals surface area contributed by atoms with E-state index in [4.69, 9.17) is 21.1 Å². The van der Waals surface area contributed by atoms with Crippen LogP contribution in [0.4, 0.5) is 5.69 Å². The largest absolute Gasteiger partial charge is 0.497 e. The topological polar surface area (TPSA) is 89.1 Å². The molecule has 1 heterocycles. The Bertz CT molecular complexity index is 962. The van der Waals surface area contributed by atoms with Crippen LogP contribution >= 0.6 is 23.4 Å². The number of benzene rings is 2. The first-order valence-corrected chi connectivity index (χ1v) is 9.64. The number of aromatic amines is 1. The Balaban J connectivity index is 1.62. The molecule has 0 unspecified atom stereocenters. The summed E-state index contributed by atoms with van der Waals surface area (Å²) < 4.78 is 10.3. The van der Waals surface area contributed by atoms with Gasteiger partial charge in [0.05, 0.1) is 24.5 Å². The SMILES string of the molecule is COc1ccc(-c2nc(S[C@@H](C)C(=O)Nc3ccc(OC)c(Cl)c3)n[nH]2)cc1. The molecule has 3 aromatic rings. The monoisotopic (exact) mass is 418 g/mol. The number of hydrogen-bond acceptors (Lipinski definition) is 6. The van der Waals surface area contributed by atoms with Crippen molar-refractivity contribution in [2.45, 2.75) is 17.3 Å². The van der Waals surface area contributed by atoms with Crippen molar-refractivity contribution in [3.8, 4) is 22.9 Å². The summed E-state index contributed by atoms with van der Waals surface area (Å²) in [5.41, 5.74) is 1.47. The number of nitrogens with one attached hydrogen (secondary N) is 2. The highest BCUT2D eigenvalue weighted by atomic mass is 35.5. The van der Waals surface area contributed by atoms with Gasteiger partial charge in [-0.15, -0.1) is 5.10 Å². The molecule has 0 aliphatic carbocycles. The second kappa shape index (κ2) is 8.99. The van der Waals surface area contributed by atoms with Crippen LogP contribution in [0.2, 0.25) is 5.02 Å². The van der Waals surface area contributed by atoms with Gasteiger partial charge >= 0.3 is 0 Å². The molecular weight excluding hydrogens is 400 g/mol. The van der Waals surface area contributed by atoms with E-state index < -0.39 is 5.25 Å². The van der Waals surface area contributed by atoms with Crippen LogP contribution in [0, 0.1) is 0 Å². The van der Waals surface area contributed by atoms with Gasteiger partial charge in [-0.2, -0.15) is 0 Å². The highest BCUT2D eigenvalue weighted by Crippen LogP contribution is 2.28. The lowest BCUT2D eigenvalue weighted by atomic mass is 10.2. The molecule has 0 aliphatic heterocycles. The molecule has 0 fully saturated rings. The van der Waals surface area contributed by atoms with Crippen molar-refractivity contribution < 1.29 is 14.3 Å². The van der Waals surface area contributed by atoms with Crippen LogP contribution in [-0.2, 0) is 4.79 Å². The van der Waals surface area contributed by atoms with Crippen molar-refractivity contribution in [2.75, 3.05) is 19.5 Å². The molecule has 7 nitrogen and oxygen atoms in total. The predicted molar refractivity (Wildman–Crippen MR) is 110 cm³/mol. The van der Waals surface area contributed by atoms with E-state index in [2.05, 4.69) is 20.5 Å². The van der Waals surface area contributed by atoms with Crippen molar-refractivity contribution in [3.05, 3.63) is 47.5 Å². The van der Waals surface area contributed by atoms with Crippen LogP contribution in [0.25, 0.3) is 11.4 Å². The summed E-state index contributed by atoms with van der Waals surface area (Å²) in [6.07, 6.45) is 0. The van der Waals surface area contributed by atoms with E-state index in [-0.39, 0.29) is 5.91 Å². The summed E-state index contributed by atoms with van der Waals surface area (Å²) in [6.45, 7) is 1.79. The molecule has 2 N–H and O–H groups in total. The van der Waals surface area contributed by atoms with Crippen LogP contribution in [0.15, 0.2) is 47.6 Å². The lowest BCUT2D eigenvalue weighted by molar-refractivity contribution is -0.115. The Morgan fingerprint density at radius 1 is 1.18 bits per heavy atom. The fourth-order valence-electron chi connectivity index (χ4n) is 2.38. The summed E-state index contributed by atoms with van der Waals surface area (Å²) >= 11 is 7.35. The van der Waals surface area contributed by atoms with E-state index in [0.717, 1.165) is 11.3 Å². The zero-order valence-electron chi connectivity index (χ0n) is 15.5. The Kier molecular flexibility index (Phi) is 6.43. The number of thioether (sulfide) groups is 1. The summed E-state index contributed by atoms with van der Waals surface area (Å²) in [4.78, 5) is 16.9. The molecule has 28 heavy (non-hydrogen) atoms. The van der Waals surface area contributed by atoms with Crippen LogP contribution in [0.3, 0.4) is 0 Å². The maximum Gasteiger partial charge on any atom is 0.237 e. The third kappa shape index (κ3) is 4.76. The minimum atomic E-state index is -0.402. The normalized spacial score (nSPS) is 11.7. The Labute approximate surface area is 171 Å². The van der Waals surface area contributed by atoms with Gasteiger partial charge in [-0.25, -0.2) is 4.98 Å². The maximum absolute atomic E-state index is 12.4. The number of carbonyl (C=O) groups excluding carboxylic acids is 1. The highest BCUT2D eigenvalue weighted by Gasteiger charge is 2.18. The Hall–Kier alpha value is -2.71. The second-order valence-corrected chi connectivity index (χ2v) is 7.51. The van der Waals surface area contributed by atoms with Crippen LogP contribution in [0.1, 0.15) is 6.92 Å². The number of anilines is 1. The molecule has 9 heteroatoms. The van der Waals surface area contributed by atoms with Crippen LogP contribution in [-0.4, -0.2) is 40.6 Å². The summed E-state index contributed by atoms with van der Waals surface area (Å²) in [7, 11) is 3.15. The fraction of sp³-hybridized carbons (Fsp3) is 0.211. The van der Waals surface area contributed by atoms with Gasteiger partial charge in [0.25, 0.3) is 0 Å². The van der Waals surface area contributed by atoms with Gasteiger partial charge in [-0.3, -0.25) is 9.89 Å². The van der Waals surface area contributed by atoms with Crippen LogP contribution < -0.4 is 14.8 Å². The smallest absolute Gasteiger partial charge is 0.237 e. The average Bonchev–Trinajstić information content (AvgIpc) is 3.16. The first-order chi connectivity index (χ1) is 13.5. The van der Waals surface area contributed by atoms with Crippen molar-refractivity contribution in [3.63, 3.8) is 0 Å². The van der Waals surface area contributed by atoms with Crippen molar-refractivity contribution in [1.29, 1.82) is 0 Å². The van der Waals surface area contributed by atoms with E-state index in [1.54, 1.807) is 32.2 Å². The third-order valence-corrected chi connectivity index (χ3v) is 5.16. The number of carbonyl (C=O) groups is 1. The molecular formula is C19H19ClN4O3S. The fourth-order valence-corrected chi connectivity index (χ4v) is 3.36. The molecule has 1 atom stereocenters. The molecule has 1 aromatic heterocycles. The third-order valence-electron chi connectivity index (χ3n) is 3.90. The number of H-pyrrole nitrogens is 1. The van der Waals surface area contributed by atoms with Gasteiger partial charge in [0.1, 0.15) is 11.5 Å². The number of hydrogen-bond donors (Lipinski definition) is 2. The standard InChI is InChI=1S/C19H19ClN4O3S/c1-11(18(25)21-13-6-9-16(27-3)15(20)10-13)28-19-22-17(23-24-19)12-4-7-14(26-2)8-5-12/h4-11H,1-3H3,(H,21,25)(H,22,23,24)/t11-/m0/s1. The number of aromatic nitrogens is 3. The summed E-state index contributed by atoms with van der Waals surface area (Å²) in [5.74, 6) is 1.76. The Morgan fingerprint density at radius 3 is 2.57 bits per heavy atom. The minimum absolute atomic E-state index is 0.179. The van der Waals surface area contributed by atoms with Crippen molar-refractivity contribution >= 4 is 35.0 Å². The number of methoxy groups -OCH3 is 2. The van der Waals surface area contributed by atoms with Gasteiger partial charge in [0.15, 0.2) is 5.82 Å². The lowest BCUT2D eigenvalue weighted by Crippen LogP contribution is -2.22. The highest BCUT2D eigenvalue weighted by molar-refractivity contribution is 8.00. The first kappa shape index (κ1) is 20.0. The van der Waals surface area contributed by atoms with Gasteiger partial charge in [-0.1, -0.05) is 23.4 Å². The van der Waals surface area contributed by atoms with E-state index in [1.165, 1.54) is 18.9 Å². The summed E-state index contributed by atoms with van der Waals surface area (Å²) in [6, 6.07) is 12.5. The van der Waals surface area contributed by atoms with Crippen molar-refractivity contribution in [1.82, 2.24) is 15.2 Å². The number of nitrogens with zero attached hydrogens (tertiary/aromatic N) is 2. The number of halogens is 1. The van der Waals surface area contributed by atoms with Gasteiger partial charge < -0.3 is 14.8 Å². The molecule has 3 rings (SSSR count). The first-order valence-electron chi connectivity index (χ1n) is 8.38. The molecule has 0 radical (unpaired) electrons. The molecule has 0 saturated heterocycles. The molecule has 146 valence electrons. The van der Waals surface area contributed by atoms with E-state index in [1.807, 2.05) is 24.3 Å². The second-order valence-electron chi connectivity index (χ2n) is 5.79. The van der Waals surface area contributed by atoms with Gasteiger partial charge in [0, 0.05) is 11.3 Å². The zero-order chi connectivity index (χ0) is 20.1. The number of amides is 1. The zero-order valence-corrected chi connectivity index (χ0v) is 17.1. The quantitative estimate of drug-likeness (QED) is 0.557. The van der Waals surface area contributed by atoms with E-state index in [9.17, 15) is 4.79 Å². The Morgan fingerprint density at radius 2 is 1.93 bits per heavy atom. The van der Waals surface area contributed by atoms with E-state index in [0.29, 0.717) is 27.4 Å². The molecule has 0 bridgehead atoms. The molecule has 0 saturated carbocycles. The van der Waals surface area contributed by atoms with Gasteiger partial charge in [-0.05, 0) is 49.4 Å². The van der Waals surface area contributed by atoms with Crippen LogP contribution in [0.5, 0.6) is 11.5 Å². The molecule has 1 amide bonds. The lowest BCUT2D eigenvalue weighted by Gasteiger charge is -2.11. The maximum atomic E-state index is 12.4. The van der Waals surface area contributed by atoms with E-state index >= 15 is 0 Å². The molecule has 0 aliphatic rings. The molecule has 0 spiro atoms.